The number of carbonyl (C=O) groups is 2. The van der Waals surface area contributed by atoms with Crippen LogP contribution >= 0.6 is 23.2 Å². The minimum Gasteiger partial charge on any atom is -0.339 e. The molecule has 1 fully saturated rings. The second-order valence-electron chi connectivity index (χ2n) is 5.56. The van der Waals surface area contributed by atoms with E-state index in [9.17, 15) is 9.59 Å². The van der Waals surface area contributed by atoms with Crippen molar-refractivity contribution < 1.29 is 9.59 Å². The molecule has 1 aromatic carbocycles. The van der Waals surface area contributed by atoms with Gasteiger partial charge in [0.2, 0.25) is 5.91 Å². The maximum Gasteiger partial charge on any atom is 0.318 e. The Kier molecular flexibility index (Phi) is 6.36. The van der Waals surface area contributed by atoms with Gasteiger partial charge in [0.1, 0.15) is 0 Å². The molecular weight excluding hydrogens is 349 g/mol. The van der Waals surface area contributed by atoms with E-state index in [0.29, 0.717) is 36.2 Å². The van der Waals surface area contributed by atoms with Crippen LogP contribution < -0.4 is 5.32 Å². The lowest BCUT2D eigenvalue weighted by Crippen LogP contribution is -2.53. The van der Waals surface area contributed by atoms with Gasteiger partial charge in [0, 0.05) is 38.7 Å². The molecule has 2 rings (SSSR count). The van der Waals surface area contributed by atoms with Crippen molar-refractivity contribution in [1.82, 2.24) is 15.1 Å². The van der Waals surface area contributed by atoms with Gasteiger partial charge in [-0.2, -0.15) is 0 Å². The Morgan fingerprint density at radius 3 is 2.33 bits per heavy atom. The van der Waals surface area contributed by atoms with Gasteiger partial charge < -0.3 is 15.1 Å². The monoisotopic (exact) mass is 367 g/mol. The Bertz CT molecular complexity index is 689. The van der Waals surface area contributed by atoms with Crippen LogP contribution in [0.5, 0.6) is 0 Å². The van der Waals surface area contributed by atoms with Gasteiger partial charge in [-0.3, -0.25) is 4.79 Å². The molecule has 1 aromatic rings. The van der Waals surface area contributed by atoms with Crippen molar-refractivity contribution >= 4 is 35.1 Å². The van der Waals surface area contributed by atoms with Gasteiger partial charge >= 0.3 is 6.03 Å². The molecule has 1 saturated heterocycles. The van der Waals surface area contributed by atoms with Crippen LogP contribution in [-0.2, 0) is 4.79 Å². The Hall–Kier alpha value is -1.90. The van der Waals surface area contributed by atoms with Gasteiger partial charge in [0.05, 0.1) is 16.1 Å². The smallest absolute Gasteiger partial charge is 0.318 e. The molecule has 0 radical (unpaired) electrons. The zero-order chi connectivity index (χ0) is 17.7. The minimum atomic E-state index is -0.308. The number of piperazine rings is 1. The number of rotatable bonds is 1. The summed E-state index contributed by atoms with van der Waals surface area (Å²) < 4.78 is 0. The molecule has 0 aliphatic carbocycles. The van der Waals surface area contributed by atoms with Crippen molar-refractivity contribution in [3.63, 3.8) is 0 Å². The first-order valence-electron chi connectivity index (χ1n) is 7.64. The summed E-state index contributed by atoms with van der Waals surface area (Å²) >= 11 is 11.8. The molecule has 0 saturated carbocycles. The van der Waals surface area contributed by atoms with Crippen molar-refractivity contribution in [1.29, 1.82) is 0 Å². The van der Waals surface area contributed by atoms with E-state index in [1.54, 1.807) is 28.0 Å². The molecule has 1 N–H and O–H groups in total. The molecule has 128 valence electrons. The summed E-state index contributed by atoms with van der Waals surface area (Å²) in [6.07, 6.45) is 0. The summed E-state index contributed by atoms with van der Waals surface area (Å²) in [6, 6.07) is 4.67. The number of urea groups is 1. The topological polar surface area (TPSA) is 52.7 Å². The quantitative estimate of drug-likeness (QED) is 0.775. The van der Waals surface area contributed by atoms with Crippen LogP contribution in [0.15, 0.2) is 18.2 Å². The van der Waals surface area contributed by atoms with Crippen LogP contribution in [0, 0.1) is 11.8 Å². The Morgan fingerprint density at radius 1 is 1.12 bits per heavy atom. The second kappa shape index (κ2) is 8.27. The van der Waals surface area contributed by atoms with Crippen LogP contribution in [0.25, 0.3) is 0 Å². The first-order valence-corrected chi connectivity index (χ1v) is 8.40. The Labute approximate surface area is 151 Å². The summed E-state index contributed by atoms with van der Waals surface area (Å²) in [5.74, 6) is 5.97. The minimum absolute atomic E-state index is 0.0379. The van der Waals surface area contributed by atoms with Crippen molar-refractivity contribution in [2.45, 2.75) is 19.9 Å². The van der Waals surface area contributed by atoms with Gasteiger partial charge in [-0.1, -0.05) is 35.0 Å². The maximum absolute atomic E-state index is 12.2. The number of nitrogens with zero attached hydrogens (tertiary/aromatic N) is 2. The first kappa shape index (κ1) is 18.4. The number of carbonyl (C=O) groups excluding carboxylic acids is 2. The number of benzene rings is 1. The number of amides is 3. The molecular formula is C17H19Cl2N3O2. The largest absolute Gasteiger partial charge is 0.339 e. The van der Waals surface area contributed by atoms with E-state index >= 15 is 0 Å². The highest BCUT2D eigenvalue weighted by atomic mass is 35.5. The van der Waals surface area contributed by atoms with Gasteiger partial charge in [0.25, 0.3) is 0 Å². The molecule has 1 unspecified atom stereocenters. The molecule has 0 spiro atoms. The third kappa shape index (κ3) is 5.05. The normalized spacial score (nSPS) is 15.3. The number of nitrogens with one attached hydrogen (secondary N) is 1. The van der Waals surface area contributed by atoms with Gasteiger partial charge in [0.15, 0.2) is 0 Å². The third-order valence-electron chi connectivity index (χ3n) is 3.70. The van der Waals surface area contributed by atoms with Crippen molar-refractivity contribution in [3.05, 3.63) is 33.8 Å². The van der Waals surface area contributed by atoms with E-state index in [4.69, 9.17) is 23.2 Å². The van der Waals surface area contributed by atoms with E-state index in [-0.39, 0.29) is 18.0 Å². The summed E-state index contributed by atoms with van der Waals surface area (Å²) in [5.41, 5.74) is 0.737. The first-order chi connectivity index (χ1) is 11.4. The SMILES string of the molecule is CC(=O)N1CCN(C(=O)NC(C)C#Cc2ccc(Cl)c(Cl)c2)CC1. The van der Waals surface area contributed by atoms with Crippen LogP contribution in [0.1, 0.15) is 19.4 Å². The van der Waals surface area contributed by atoms with E-state index < -0.39 is 0 Å². The lowest BCUT2D eigenvalue weighted by atomic mass is 10.2. The predicted molar refractivity (Wildman–Crippen MR) is 95.2 cm³/mol. The summed E-state index contributed by atoms with van der Waals surface area (Å²) in [4.78, 5) is 26.9. The van der Waals surface area contributed by atoms with Crippen molar-refractivity contribution in [2.75, 3.05) is 26.2 Å². The molecule has 3 amide bonds. The van der Waals surface area contributed by atoms with E-state index in [0.717, 1.165) is 5.56 Å². The van der Waals surface area contributed by atoms with Crippen LogP contribution in [0.3, 0.4) is 0 Å². The summed E-state index contributed by atoms with van der Waals surface area (Å²) in [5, 5.41) is 3.77. The third-order valence-corrected chi connectivity index (χ3v) is 4.44. The Balaban J connectivity index is 1.87. The standard InChI is InChI=1S/C17H19Cl2N3O2/c1-12(3-4-14-5-6-15(18)16(19)11-14)20-17(24)22-9-7-21(8-10-22)13(2)23/h5-6,11-12H,7-10H2,1-2H3,(H,20,24). The van der Waals surface area contributed by atoms with Gasteiger partial charge in [-0.15, -0.1) is 0 Å². The zero-order valence-electron chi connectivity index (χ0n) is 13.6. The van der Waals surface area contributed by atoms with Crippen molar-refractivity contribution in [2.24, 2.45) is 0 Å². The fourth-order valence-electron chi connectivity index (χ4n) is 2.30. The average Bonchev–Trinajstić information content (AvgIpc) is 2.56. The van der Waals surface area contributed by atoms with Gasteiger partial charge in [-0.25, -0.2) is 4.79 Å². The molecule has 5 nitrogen and oxygen atoms in total. The van der Waals surface area contributed by atoms with Crippen LogP contribution in [0.2, 0.25) is 10.0 Å². The van der Waals surface area contributed by atoms with E-state index in [1.165, 1.54) is 6.92 Å². The Morgan fingerprint density at radius 2 is 1.75 bits per heavy atom. The van der Waals surface area contributed by atoms with Crippen molar-refractivity contribution in [3.8, 4) is 11.8 Å². The molecule has 0 bridgehead atoms. The lowest BCUT2D eigenvalue weighted by molar-refractivity contribution is -0.130. The summed E-state index contributed by atoms with van der Waals surface area (Å²) in [7, 11) is 0. The van der Waals surface area contributed by atoms with Gasteiger partial charge in [-0.05, 0) is 25.1 Å². The molecule has 1 aliphatic rings. The maximum atomic E-state index is 12.2. The highest BCUT2D eigenvalue weighted by Crippen LogP contribution is 2.22. The lowest BCUT2D eigenvalue weighted by Gasteiger charge is -2.34. The average molecular weight is 368 g/mol. The zero-order valence-corrected chi connectivity index (χ0v) is 15.1. The molecule has 1 heterocycles. The molecule has 1 atom stereocenters. The molecule has 7 heteroatoms. The van der Waals surface area contributed by atoms with Crippen LogP contribution in [-0.4, -0.2) is 54.0 Å². The fourth-order valence-corrected chi connectivity index (χ4v) is 2.60. The van der Waals surface area contributed by atoms with E-state index in [2.05, 4.69) is 17.2 Å². The van der Waals surface area contributed by atoms with Crippen LogP contribution in [0.4, 0.5) is 4.79 Å². The molecule has 24 heavy (non-hydrogen) atoms. The summed E-state index contributed by atoms with van der Waals surface area (Å²) in [6.45, 7) is 5.53. The second-order valence-corrected chi connectivity index (χ2v) is 6.38. The highest BCUT2D eigenvalue weighted by Gasteiger charge is 2.22. The molecule has 1 aliphatic heterocycles. The number of halogens is 2. The predicted octanol–water partition coefficient (Wildman–Crippen LogP) is 2.61. The number of hydrogen-bond acceptors (Lipinski definition) is 2. The van der Waals surface area contributed by atoms with E-state index in [1.807, 2.05) is 6.92 Å². The highest BCUT2D eigenvalue weighted by molar-refractivity contribution is 6.42. The number of hydrogen-bond donors (Lipinski definition) is 1. The fraction of sp³-hybridized carbons (Fsp3) is 0.412. The molecule has 0 aromatic heterocycles.